The molecular formula is C22H25N5O4. The molecule has 0 aliphatic heterocycles. The van der Waals surface area contributed by atoms with Crippen molar-refractivity contribution in [3.63, 3.8) is 0 Å². The highest BCUT2D eigenvalue weighted by atomic mass is 16.5. The lowest BCUT2D eigenvalue weighted by Crippen LogP contribution is -2.41. The zero-order valence-corrected chi connectivity index (χ0v) is 18.2. The highest BCUT2D eigenvalue weighted by molar-refractivity contribution is 5.77. The third-order valence-corrected chi connectivity index (χ3v) is 5.82. The van der Waals surface area contributed by atoms with E-state index < -0.39 is 23.8 Å². The van der Waals surface area contributed by atoms with Crippen LogP contribution >= 0.6 is 0 Å². The second-order valence-corrected chi connectivity index (χ2v) is 7.58. The van der Waals surface area contributed by atoms with Crippen molar-refractivity contribution in [1.82, 2.24) is 23.1 Å². The van der Waals surface area contributed by atoms with Crippen LogP contribution in [0.25, 0.3) is 16.9 Å². The van der Waals surface area contributed by atoms with Crippen LogP contribution in [-0.2, 0) is 23.1 Å². The van der Waals surface area contributed by atoms with Gasteiger partial charge in [-0.1, -0.05) is 30.3 Å². The van der Waals surface area contributed by atoms with E-state index in [1.807, 2.05) is 44.2 Å². The minimum absolute atomic E-state index is 0.0343. The molecule has 0 unspecified atom stereocenters. The molecule has 0 amide bonds. The van der Waals surface area contributed by atoms with Crippen molar-refractivity contribution in [2.24, 2.45) is 7.05 Å². The van der Waals surface area contributed by atoms with E-state index >= 15 is 0 Å². The van der Waals surface area contributed by atoms with Crippen LogP contribution in [0.4, 0.5) is 0 Å². The fourth-order valence-corrected chi connectivity index (χ4v) is 4.09. The van der Waals surface area contributed by atoms with Crippen LogP contribution in [0, 0.1) is 13.8 Å². The molecular weight excluding hydrogens is 398 g/mol. The van der Waals surface area contributed by atoms with Crippen molar-refractivity contribution in [2.75, 3.05) is 6.61 Å². The first-order chi connectivity index (χ1) is 14.8. The van der Waals surface area contributed by atoms with Gasteiger partial charge in [0.25, 0.3) is 5.56 Å². The summed E-state index contributed by atoms with van der Waals surface area (Å²) in [6.45, 7) is 7.37. The molecule has 162 valence electrons. The topological polar surface area (TPSA) is 92.5 Å². The van der Waals surface area contributed by atoms with Gasteiger partial charge in [-0.15, -0.1) is 0 Å². The molecule has 0 bridgehead atoms. The van der Waals surface area contributed by atoms with Gasteiger partial charge in [0, 0.05) is 18.4 Å². The maximum absolute atomic E-state index is 13.3. The molecule has 0 aliphatic rings. The summed E-state index contributed by atoms with van der Waals surface area (Å²) in [5, 5.41) is 0. The molecule has 9 nitrogen and oxygen atoms in total. The fraction of sp³-hybridized carbons (Fsp3) is 0.364. The first-order valence-electron chi connectivity index (χ1n) is 10.2. The molecule has 1 atom stereocenters. The number of aromatic nitrogens is 5. The van der Waals surface area contributed by atoms with Crippen LogP contribution in [-0.4, -0.2) is 35.7 Å². The summed E-state index contributed by atoms with van der Waals surface area (Å²) in [5.41, 5.74) is 2.28. The molecule has 0 aliphatic carbocycles. The third-order valence-electron chi connectivity index (χ3n) is 5.82. The Morgan fingerprint density at radius 3 is 2.45 bits per heavy atom. The Morgan fingerprint density at radius 1 is 1.13 bits per heavy atom. The second-order valence-electron chi connectivity index (χ2n) is 7.58. The zero-order valence-electron chi connectivity index (χ0n) is 18.2. The minimum Gasteiger partial charge on any atom is -0.465 e. The Kier molecular flexibility index (Phi) is 5.04. The van der Waals surface area contributed by atoms with Gasteiger partial charge in [0.05, 0.1) is 12.6 Å². The molecule has 0 N–H and O–H groups in total. The van der Waals surface area contributed by atoms with Crippen LogP contribution in [0.15, 0.2) is 39.9 Å². The number of carbonyl (C=O) groups is 1. The molecule has 0 saturated heterocycles. The van der Waals surface area contributed by atoms with Gasteiger partial charge < -0.3 is 9.30 Å². The lowest BCUT2D eigenvalue weighted by molar-refractivity contribution is -0.143. The summed E-state index contributed by atoms with van der Waals surface area (Å²) in [6, 6.07) is 9.98. The van der Waals surface area contributed by atoms with Gasteiger partial charge >= 0.3 is 11.7 Å². The van der Waals surface area contributed by atoms with Gasteiger partial charge in [0.2, 0.25) is 5.78 Å². The Labute approximate surface area is 178 Å². The number of imidazole rings is 2. The lowest BCUT2D eigenvalue weighted by atomic mass is 10.1. The van der Waals surface area contributed by atoms with E-state index in [1.54, 1.807) is 18.4 Å². The number of hydrogen-bond acceptors (Lipinski definition) is 5. The summed E-state index contributed by atoms with van der Waals surface area (Å²) < 4.78 is 11.0. The lowest BCUT2D eigenvalue weighted by Gasteiger charge is -2.16. The molecule has 0 spiro atoms. The van der Waals surface area contributed by atoms with Crippen molar-refractivity contribution in [1.29, 1.82) is 0 Å². The number of nitrogens with zero attached hydrogens (tertiary/aromatic N) is 5. The van der Waals surface area contributed by atoms with E-state index in [-0.39, 0.29) is 23.8 Å². The number of ether oxygens (including phenoxy) is 1. The Bertz CT molecular complexity index is 1420. The van der Waals surface area contributed by atoms with Crippen molar-refractivity contribution < 1.29 is 9.53 Å². The predicted molar refractivity (Wildman–Crippen MR) is 117 cm³/mol. The maximum Gasteiger partial charge on any atom is 0.333 e. The van der Waals surface area contributed by atoms with E-state index in [1.165, 1.54) is 4.57 Å². The molecule has 31 heavy (non-hydrogen) atoms. The first-order valence-corrected chi connectivity index (χ1v) is 10.2. The number of carbonyl (C=O) groups excluding carboxylic acids is 1. The molecule has 0 saturated carbocycles. The zero-order chi connectivity index (χ0) is 22.4. The van der Waals surface area contributed by atoms with Crippen molar-refractivity contribution >= 4 is 22.9 Å². The van der Waals surface area contributed by atoms with E-state index in [9.17, 15) is 14.4 Å². The normalized spacial score (nSPS) is 12.5. The number of aryl methyl sites for hydroxylation is 2. The average molecular weight is 423 g/mol. The second kappa shape index (κ2) is 7.57. The van der Waals surface area contributed by atoms with Crippen LogP contribution in [0.2, 0.25) is 0 Å². The number of fused-ring (bicyclic) bond motifs is 3. The SMILES string of the molecule is CCOC(=O)Cn1c(=O)c2c(nc3n([C@H](C)c4ccccc4)c(C)c(C)n23)n(C)c1=O. The van der Waals surface area contributed by atoms with Gasteiger partial charge in [0.15, 0.2) is 11.2 Å². The molecule has 9 heteroatoms. The number of rotatable bonds is 5. The van der Waals surface area contributed by atoms with E-state index in [2.05, 4.69) is 16.5 Å². The quantitative estimate of drug-likeness (QED) is 0.458. The van der Waals surface area contributed by atoms with E-state index in [4.69, 9.17) is 4.74 Å². The summed E-state index contributed by atoms with van der Waals surface area (Å²) in [6.07, 6.45) is 0. The highest BCUT2D eigenvalue weighted by Gasteiger charge is 2.25. The van der Waals surface area contributed by atoms with Gasteiger partial charge in [0.1, 0.15) is 6.54 Å². The monoisotopic (exact) mass is 423 g/mol. The Morgan fingerprint density at radius 2 is 1.81 bits per heavy atom. The van der Waals surface area contributed by atoms with Gasteiger partial charge in [-0.2, -0.15) is 4.98 Å². The first kappa shape index (κ1) is 20.6. The van der Waals surface area contributed by atoms with Crippen LogP contribution in [0.5, 0.6) is 0 Å². The molecule has 0 fully saturated rings. The van der Waals surface area contributed by atoms with Gasteiger partial charge in [-0.25, -0.2) is 9.36 Å². The average Bonchev–Trinajstić information content (AvgIpc) is 3.25. The fourth-order valence-electron chi connectivity index (χ4n) is 4.09. The van der Waals surface area contributed by atoms with Gasteiger partial charge in [-0.05, 0) is 33.3 Å². The summed E-state index contributed by atoms with van der Waals surface area (Å²) in [5.74, 6) is -0.0627. The molecule has 0 radical (unpaired) electrons. The Balaban J connectivity index is 2.03. The van der Waals surface area contributed by atoms with Crippen molar-refractivity contribution in [2.45, 2.75) is 40.3 Å². The predicted octanol–water partition coefficient (Wildman–Crippen LogP) is 1.94. The van der Waals surface area contributed by atoms with Crippen molar-refractivity contribution in [3.8, 4) is 0 Å². The molecule has 4 aromatic rings. The van der Waals surface area contributed by atoms with Gasteiger partial charge in [-0.3, -0.25) is 18.6 Å². The smallest absolute Gasteiger partial charge is 0.333 e. The summed E-state index contributed by atoms with van der Waals surface area (Å²) >= 11 is 0. The number of hydrogen-bond donors (Lipinski definition) is 0. The Hall–Kier alpha value is -3.62. The molecule has 1 aromatic carbocycles. The van der Waals surface area contributed by atoms with E-state index in [0.717, 1.165) is 21.5 Å². The van der Waals surface area contributed by atoms with Crippen molar-refractivity contribution in [3.05, 3.63) is 68.1 Å². The maximum atomic E-state index is 13.3. The molecule has 3 heterocycles. The van der Waals surface area contributed by atoms with Crippen LogP contribution < -0.4 is 11.2 Å². The number of benzene rings is 1. The minimum atomic E-state index is -0.634. The largest absolute Gasteiger partial charge is 0.465 e. The summed E-state index contributed by atoms with van der Waals surface area (Å²) in [7, 11) is 1.55. The van der Waals surface area contributed by atoms with Crippen LogP contribution in [0.1, 0.15) is 36.8 Å². The molecule has 3 aromatic heterocycles. The highest BCUT2D eigenvalue weighted by Crippen LogP contribution is 2.27. The van der Waals surface area contributed by atoms with E-state index in [0.29, 0.717) is 5.78 Å². The summed E-state index contributed by atoms with van der Waals surface area (Å²) in [4.78, 5) is 42.8. The standard InChI is InChI=1S/C22H25N5O4/c1-6-31-17(28)12-25-20(29)18-19(24(5)22(25)30)23-21-26(13(2)14(3)27(18)21)15(4)16-10-8-7-9-11-16/h7-11,15H,6,12H2,1-5H3/t15-/m1/s1. The third kappa shape index (κ3) is 3.08. The van der Waals surface area contributed by atoms with Crippen LogP contribution in [0.3, 0.4) is 0 Å². The molecule has 4 rings (SSSR count). The number of esters is 1.